The summed E-state index contributed by atoms with van der Waals surface area (Å²) in [7, 11) is 0. The van der Waals surface area contributed by atoms with Crippen LogP contribution in [-0.2, 0) is 20.7 Å². The van der Waals surface area contributed by atoms with E-state index in [1.807, 2.05) is 48.5 Å². The number of benzene rings is 2. The Bertz CT molecular complexity index is 1040. The Morgan fingerprint density at radius 1 is 1.03 bits per heavy atom. The first-order chi connectivity index (χ1) is 15.2. The SMILES string of the molecule is O=C(OCC(=O)N1CC=C(c2ccccc2)CC1)[C@@H](Cc1ccccc1)n1cnnn1. The summed E-state index contributed by atoms with van der Waals surface area (Å²) >= 11 is 0. The first kappa shape index (κ1) is 20.5. The van der Waals surface area contributed by atoms with Crippen LogP contribution >= 0.6 is 0 Å². The molecule has 0 fully saturated rings. The summed E-state index contributed by atoms with van der Waals surface area (Å²) in [6, 6.07) is 18.9. The van der Waals surface area contributed by atoms with Gasteiger partial charge in [0.2, 0.25) is 0 Å². The third kappa shape index (κ3) is 5.22. The molecule has 0 unspecified atom stereocenters. The van der Waals surface area contributed by atoms with E-state index in [0.717, 1.165) is 12.0 Å². The molecule has 2 aromatic carbocycles. The van der Waals surface area contributed by atoms with E-state index < -0.39 is 12.0 Å². The Morgan fingerprint density at radius 2 is 1.77 bits per heavy atom. The summed E-state index contributed by atoms with van der Waals surface area (Å²) in [4.78, 5) is 27.0. The zero-order chi connectivity index (χ0) is 21.5. The molecule has 8 nitrogen and oxygen atoms in total. The molecule has 0 saturated heterocycles. The summed E-state index contributed by atoms with van der Waals surface area (Å²) in [6.07, 6.45) is 4.56. The molecular formula is C23H23N5O3. The summed E-state index contributed by atoms with van der Waals surface area (Å²) < 4.78 is 6.72. The van der Waals surface area contributed by atoms with Crippen molar-refractivity contribution in [1.29, 1.82) is 0 Å². The van der Waals surface area contributed by atoms with E-state index in [1.165, 1.54) is 22.1 Å². The maximum absolute atomic E-state index is 12.7. The smallest absolute Gasteiger partial charge is 0.331 e. The highest BCUT2D eigenvalue weighted by Crippen LogP contribution is 2.22. The predicted molar refractivity (Wildman–Crippen MR) is 114 cm³/mol. The number of tetrazole rings is 1. The van der Waals surface area contributed by atoms with Crippen LogP contribution < -0.4 is 0 Å². The van der Waals surface area contributed by atoms with Gasteiger partial charge in [-0.25, -0.2) is 9.48 Å². The molecule has 1 aromatic heterocycles. The van der Waals surface area contributed by atoms with E-state index >= 15 is 0 Å². The van der Waals surface area contributed by atoms with Crippen LogP contribution in [0.2, 0.25) is 0 Å². The molecule has 8 heteroatoms. The highest BCUT2D eigenvalue weighted by atomic mass is 16.5. The fraction of sp³-hybridized carbons (Fsp3) is 0.261. The van der Waals surface area contributed by atoms with Gasteiger partial charge in [-0.05, 0) is 33.5 Å². The summed E-state index contributed by atoms with van der Waals surface area (Å²) in [5.74, 6) is -0.756. The molecule has 4 rings (SSSR count). The lowest BCUT2D eigenvalue weighted by Crippen LogP contribution is -2.38. The minimum Gasteiger partial charge on any atom is -0.454 e. The largest absolute Gasteiger partial charge is 0.454 e. The fourth-order valence-electron chi connectivity index (χ4n) is 3.56. The summed E-state index contributed by atoms with van der Waals surface area (Å²) in [5, 5.41) is 11.1. The van der Waals surface area contributed by atoms with E-state index in [9.17, 15) is 9.59 Å². The zero-order valence-electron chi connectivity index (χ0n) is 17.0. The van der Waals surface area contributed by atoms with Gasteiger partial charge in [-0.3, -0.25) is 4.79 Å². The second kappa shape index (κ2) is 9.80. The van der Waals surface area contributed by atoms with Gasteiger partial charge in [-0.15, -0.1) is 5.10 Å². The summed E-state index contributed by atoms with van der Waals surface area (Å²) in [6.45, 7) is 0.791. The van der Waals surface area contributed by atoms with Gasteiger partial charge in [0.05, 0.1) is 0 Å². The maximum atomic E-state index is 12.7. The topological polar surface area (TPSA) is 90.2 Å². The lowest BCUT2D eigenvalue weighted by molar-refractivity contribution is -0.155. The molecule has 3 aromatic rings. The van der Waals surface area contributed by atoms with E-state index in [0.29, 0.717) is 19.5 Å². The van der Waals surface area contributed by atoms with E-state index in [4.69, 9.17) is 4.74 Å². The molecule has 0 spiro atoms. The van der Waals surface area contributed by atoms with Gasteiger partial charge in [0.25, 0.3) is 5.91 Å². The maximum Gasteiger partial charge on any atom is 0.331 e. The molecule has 0 N–H and O–H groups in total. The minimum absolute atomic E-state index is 0.216. The molecule has 0 bridgehead atoms. The third-order valence-corrected chi connectivity index (χ3v) is 5.27. The van der Waals surface area contributed by atoms with Crippen molar-refractivity contribution in [2.24, 2.45) is 0 Å². The Labute approximate surface area is 180 Å². The number of nitrogens with zero attached hydrogens (tertiary/aromatic N) is 5. The van der Waals surface area contributed by atoms with Crippen LogP contribution in [0.5, 0.6) is 0 Å². The highest BCUT2D eigenvalue weighted by Gasteiger charge is 2.26. The molecule has 31 heavy (non-hydrogen) atoms. The molecule has 2 heterocycles. The standard InChI is InChI=1S/C23H23N5O3/c29-22(27-13-11-20(12-14-27)19-9-5-2-6-10-19)16-31-23(30)21(28-17-24-25-26-28)15-18-7-3-1-4-8-18/h1-11,17,21H,12-16H2/t21-/m1/s1. The number of hydrogen-bond donors (Lipinski definition) is 0. The number of amides is 1. The Balaban J connectivity index is 1.34. The van der Waals surface area contributed by atoms with Crippen molar-refractivity contribution in [3.63, 3.8) is 0 Å². The van der Waals surface area contributed by atoms with Crippen LogP contribution in [0.1, 0.15) is 23.6 Å². The van der Waals surface area contributed by atoms with Crippen molar-refractivity contribution in [2.75, 3.05) is 19.7 Å². The number of ether oxygens (including phenoxy) is 1. The minimum atomic E-state index is -0.740. The number of carbonyl (C=O) groups excluding carboxylic acids is 2. The number of carbonyl (C=O) groups is 2. The van der Waals surface area contributed by atoms with Crippen LogP contribution in [0, 0.1) is 0 Å². The fourth-order valence-corrected chi connectivity index (χ4v) is 3.56. The van der Waals surface area contributed by atoms with Gasteiger partial charge in [-0.2, -0.15) is 0 Å². The zero-order valence-corrected chi connectivity index (χ0v) is 17.0. The van der Waals surface area contributed by atoms with Gasteiger partial charge in [0, 0.05) is 19.5 Å². The van der Waals surface area contributed by atoms with Gasteiger partial charge in [0.1, 0.15) is 6.33 Å². The Morgan fingerprint density at radius 3 is 2.42 bits per heavy atom. The molecule has 1 amide bonds. The predicted octanol–water partition coefficient (Wildman–Crippen LogP) is 2.32. The van der Waals surface area contributed by atoms with Crippen molar-refractivity contribution < 1.29 is 14.3 Å². The van der Waals surface area contributed by atoms with Crippen molar-refractivity contribution in [3.8, 4) is 0 Å². The van der Waals surface area contributed by atoms with Gasteiger partial charge in [-0.1, -0.05) is 66.7 Å². The Hall–Kier alpha value is -3.81. The first-order valence-corrected chi connectivity index (χ1v) is 10.2. The van der Waals surface area contributed by atoms with Crippen LogP contribution in [0.3, 0.4) is 0 Å². The van der Waals surface area contributed by atoms with Crippen LogP contribution in [0.15, 0.2) is 73.1 Å². The highest BCUT2D eigenvalue weighted by molar-refractivity contribution is 5.83. The monoisotopic (exact) mass is 417 g/mol. The number of esters is 1. The molecule has 158 valence electrons. The van der Waals surface area contributed by atoms with Crippen molar-refractivity contribution in [3.05, 3.63) is 84.2 Å². The lowest BCUT2D eigenvalue weighted by atomic mass is 10.00. The second-order valence-corrected chi connectivity index (χ2v) is 7.29. The number of rotatable bonds is 7. The van der Waals surface area contributed by atoms with Gasteiger partial charge < -0.3 is 9.64 Å². The number of hydrogen-bond acceptors (Lipinski definition) is 6. The molecular weight excluding hydrogens is 394 g/mol. The lowest BCUT2D eigenvalue weighted by Gasteiger charge is -2.27. The van der Waals surface area contributed by atoms with Gasteiger partial charge >= 0.3 is 5.97 Å². The van der Waals surface area contributed by atoms with E-state index in [1.54, 1.807) is 4.90 Å². The third-order valence-electron chi connectivity index (χ3n) is 5.27. The molecule has 0 radical (unpaired) electrons. The van der Waals surface area contributed by atoms with Crippen molar-refractivity contribution >= 4 is 17.4 Å². The van der Waals surface area contributed by atoms with Crippen molar-refractivity contribution in [2.45, 2.75) is 18.9 Å². The van der Waals surface area contributed by atoms with Crippen LogP contribution in [0.25, 0.3) is 5.57 Å². The molecule has 1 aliphatic rings. The van der Waals surface area contributed by atoms with Crippen LogP contribution in [0.4, 0.5) is 0 Å². The molecule has 1 aliphatic heterocycles. The molecule has 0 saturated carbocycles. The van der Waals surface area contributed by atoms with Crippen molar-refractivity contribution in [1.82, 2.24) is 25.1 Å². The average Bonchev–Trinajstić information content (AvgIpc) is 3.37. The van der Waals surface area contributed by atoms with E-state index in [-0.39, 0.29) is 12.5 Å². The normalized spacial score (nSPS) is 14.6. The Kier molecular flexibility index (Phi) is 6.47. The van der Waals surface area contributed by atoms with E-state index in [2.05, 4.69) is 33.7 Å². The molecule has 1 atom stereocenters. The average molecular weight is 417 g/mol. The molecule has 0 aliphatic carbocycles. The van der Waals surface area contributed by atoms with Gasteiger partial charge in [0.15, 0.2) is 12.6 Å². The number of aromatic nitrogens is 4. The summed E-state index contributed by atoms with van der Waals surface area (Å²) in [5.41, 5.74) is 3.34. The van der Waals surface area contributed by atoms with Crippen LogP contribution in [-0.4, -0.2) is 56.7 Å². The quantitative estimate of drug-likeness (QED) is 0.548. The first-order valence-electron chi connectivity index (χ1n) is 10.2. The second-order valence-electron chi connectivity index (χ2n) is 7.29.